The first-order valence-corrected chi connectivity index (χ1v) is 8.39. The lowest BCUT2D eigenvalue weighted by atomic mass is 10.0. The Balaban J connectivity index is 2.15. The smallest absolute Gasteiger partial charge is 0.231 e. The molecule has 0 atom stereocenters. The maximum atomic E-state index is 13.4. The molecule has 0 amide bonds. The lowest BCUT2D eigenvalue weighted by molar-refractivity contribution is 0.0916. The third-order valence-corrected chi connectivity index (χ3v) is 4.36. The summed E-state index contributed by atoms with van der Waals surface area (Å²) in [4.78, 5) is 21.4. The Hall–Kier alpha value is -3.34. The van der Waals surface area contributed by atoms with Gasteiger partial charge in [-0.3, -0.25) is 19.3 Å². The fourth-order valence-corrected chi connectivity index (χ4v) is 3.20. The first-order valence-electron chi connectivity index (χ1n) is 8.39. The van der Waals surface area contributed by atoms with Gasteiger partial charge < -0.3 is 0 Å². The normalized spacial score (nSPS) is 11.0. The highest BCUT2D eigenvalue weighted by Gasteiger charge is 2.23. The molecule has 0 bridgehead atoms. The van der Waals surface area contributed by atoms with Crippen molar-refractivity contribution in [3.63, 3.8) is 0 Å². The maximum absolute atomic E-state index is 13.4. The minimum absolute atomic E-state index is 0.0248. The summed E-state index contributed by atoms with van der Waals surface area (Å²) in [6.07, 6.45) is 5.44. The Morgan fingerprint density at radius 1 is 1.00 bits per heavy atom. The van der Waals surface area contributed by atoms with Crippen molar-refractivity contribution in [3.8, 4) is 22.4 Å². The molecule has 128 valence electrons. The second-order valence-corrected chi connectivity index (χ2v) is 5.92. The summed E-state index contributed by atoms with van der Waals surface area (Å²) in [5, 5.41) is 0. The largest absolute Gasteiger partial charge is 0.278 e. The van der Waals surface area contributed by atoms with Gasteiger partial charge >= 0.3 is 0 Å². The number of carbonyl (C=O) groups excluding carboxylic acids is 1. The van der Waals surface area contributed by atoms with Crippen LogP contribution in [0.2, 0.25) is 0 Å². The van der Waals surface area contributed by atoms with E-state index in [1.54, 1.807) is 35.3 Å². The van der Waals surface area contributed by atoms with Crippen LogP contribution in [-0.2, 0) is 0 Å². The summed E-state index contributed by atoms with van der Waals surface area (Å²) in [6, 6.07) is 13.7. The second kappa shape index (κ2) is 6.52. The van der Waals surface area contributed by atoms with E-state index < -0.39 is 0 Å². The van der Waals surface area contributed by atoms with E-state index in [0.717, 1.165) is 27.9 Å². The molecule has 0 saturated carbocycles. The van der Waals surface area contributed by atoms with Crippen molar-refractivity contribution < 1.29 is 9.18 Å². The number of hydrogen-bond donors (Lipinski definition) is 0. The zero-order chi connectivity index (χ0) is 18.1. The zero-order valence-corrected chi connectivity index (χ0v) is 14.2. The zero-order valence-electron chi connectivity index (χ0n) is 14.2. The molecule has 0 fully saturated rings. The third kappa shape index (κ3) is 2.58. The molecule has 3 aromatic heterocycles. The minimum Gasteiger partial charge on any atom is -0.278 e. The minimum atomic E-state index is -0.305. The number of pyridine rings is 2. The molecule has 26 heavy (non-hydrogen) atoms. The lowest BCUT2D eigenvalue weighted by Gasteiger charge is -2.10. The van der Waals surface area contributed by atoms with Gasteiger partial charge in [-0.25, -0.2) is 4.39 Å². The maximum Gasteiger partial charge on any atom is 0.231 e. The summed E-state index contributed by atoms with van der Waals surface area (Å²) in [6.45, 7) is 1.83. The number of fused-ring (bicyclic) bond motifs is 1. The number of benzene rings is 1. The van der Waals surface area contributed by atoms with Gasteiger partial charge in [-0.15, -0.1) is 0 Å². The van der Waals surface area contributed by atoms with Gasteiger partial charge in [0.1, 0.15) is 5.82 Å². The van der Waals surface area contributed by atoms with Crippen LogP contribution in [-0.4, -0.2) is 20.4 Å². The molecule has 0 N–H and O–H groups in total. The van der Waals surface area contributed by atoms with E-state index in [4.69, 9.17) is 0 Å². The molecule has 1 aromatic carbocycles. The molecule has 0 radical (unpaired) electrons. The van der Waals surface area contributed by atoms with Crippen LogP contribution in [0.5, 0.6) is 0 Å². The molecule has 0 spiro atoms. The van der Waals surface area contributed by atoms with E-state index in [-0.39, 0.29) is 11.7 Å². The Kier molecular flexibility index (Phi) is 4.05. The summed E-state index contributed by atoms with van der Waals surface area (Å²) in [5.41, 5.74) is 4.69. The van der Waals surface area contributed by atoms with Crippen molar-refractivity contribution in [2.24, 2.45) is 0 Å². The summed E-state index contributed by atoms with van der Waals surface area (Å²) < 4.78 is 15.1. The standard InChI is InChI=1S/C21H16FN3O/c1-2-18(26)25-17-4-3-11-24-20(17)19(14-5-7-16(22)8-6-14)21(25)15-9-12-23-13-10-15/h3-13H,2H2,1H3. The van der Waals surface area contributed by atoms with Crippen LogP contribution >= 0.6 is 0 Å². The van der Waals surface area contributed by atoms with Crippen LogP contribution in [0, 0.1) is 5.82 Å². The van der Waals surface area contributed by atoms with E-state index in [1.807, 2.05) is 31.2 Å². The summed E-state index contributed by atoms with van der Waals surface area (Å²) >= 11 is 0. The van der Waals surface area contributed by atoms with Crippen LogP contribution in [0.3, 0.4) is 0 Å². The molecule has 5 heteroatoms. The predicted molar refractivity (Wildman–Crippen MR) is 99.3 cm³/mol. The highest BCUT2D eigenvalue weighted by atomic mass is 19.1. The molecule has 0 unspecified atom stereocenters. The van der Waals surface area contributed by atoms with Crippen LogP contribution in [0.25, 0.3) is 33.4 Å². The van der Waals surface area contributed by atoms with Gasteiger partial charge in [-0.2, -0.15) is 0 Å². The predicted octanol–water partition coefficient (Wildman–Crippen LogP) is 4.95. The topological polar surface area (TPSA) is 47.8 Å². The van der Waals surface area contributed by atoms with E-state index in [0.29, 0.717) is 11.9 Å². The van der Waals surface area contributed by atoms with E-state index in [1.165, 1.54) is 12.1 Å². The molecular weight excluding hydrogens is 329 g/mol. The first kappa shape index (κ1) is 16.1. The molecule has 0 aliphatic heterocycles. The quantitative estimate of drug-likeness (QED) is 0.527. The SMILES string of the molecule is CCC(=O)n1c(-c2ccncc2)c(-c2ccc(F)cc2)c2ncccc21. The first-order chi connectivity index (χ1) is 12.7. The Bertz CT molecular complexity index is 1090. The molecule has 0 aliphatic carbocycles. The number of halogens is 1. The molecule has 3 heterocycles. The fourth-order valence-electron chi connectivity index (χ4n) is 3.20. The number of aromatic nitrogens is 3. The third-order valence-electron chi connectivity index (χ3n) is 4.36. The average Bonchev–Trinajstić information content (AvgIpc) is 3.04. The Morgan fingerprint density at radius 2 is 1.73 bits per heavy atom. The van der Waals surface area contributed by atoms with E-state index in [2.05, 4.69) is 9.97 Å². The monoisotopic (exact) mass is 345 g/mol. The van der Waals surface area contributed by atoms with Gasteiger partial charge in [0.05, 0.1) is 16.7 Å². The Morgan fingerprint density at radius 3 is 2.42 bits per heavy atom. The number of carbonyl (C=O) groups is 1. The average molecular weight is 345 g/mol. The highest BCUT2D eigenvalue weighted by molar-refractivity contribution is 6.08. The highest BCUT2D eigenvalue weighted by Crippen LogP contribution is 2.40. The van der Waals surface area contributed by atoms with Gasteiger partial charge in [0.25, 0.3) is 0 Å². The number of hydrogen-bond acceptors (Lipinski definition) is 3. The van der Waals surface area contributed by atoms with Crippen LogP contribution in [0.1, 0.15) is 18.1 Å². The molecule has 4 nitrogen and oxygen atoms in total. The molecule has 0 saturated heterocycles. The van der Waals surface area contributed by atoms with Crippen molar-refractivity contribution in [3.05, 3.63) is 72.9 Å². The molecule has 4 rings (SSSR count). The van der Waals surface area contributed by atoms with Crippen molar-refractivity contribution in [1.29, 1.82) is 0 Å². The van der Waals surface area contributed by atoms with Crippen molar-refractivity contribution in [2.75, 3.05) is 0 Å². The lowest BCUT2D eigenvalue weighted by Crippen LogP contribution is -2.10. The van der Waals surface area contributed by atoms with Crippen molar-refractivity contribution in [2.45, 2.75) is 13.3 Å². The molecule has 4 aromatic rings. The van der Waals surface area contributed by atoms with Gasteiger partial charge in [0.15, 0.2) is 0 Å². The van der Waals surface area contributed by atoms with Crippen molar-refractivity contribution >= 4 is 16.9 Å². The Labute approximate surface area is 150 Å². The van der Waals surface area contributed by atoms with Gasteiger partial charge in [0, 0.05) is 36.1 Å². The van der Waals surface area contributed by atoms with Crippen molar-refractivity contribution in [1.82, 2.24) is 14.5 Å². The molecular formula is C21H16FN3O. The summed E-state index contributed by atoms with van der Waals surface area (Å²) in [7, 11) is 0. The number of nitrogens with zero attached hydrogens (tertiary/aromatic N) is 3. The fraction of sp³-hybridized carbons (Fsp3) is 0.0952. The second-order valence-electron chi connectivity index (χ2n) is 5.92. The van der Waals surface area contributed by atoms with Gasteiger partial charge in [-0.1, -0.05) is 19.1 Å². The molecule has 0 aliphatic rings. The summed E-state index contributed by atoms with van der Waals surface area (Å²) in [5.74, 6) is -0.330. The van der Waals surface area contributed by atoms with Crippen LogP contribution in [0.4, 0.5) is 4.39 Å². The van der Waals surface area contributed by atoms with Gasteiger partial charge in [0.2, 0.25) is 5.91 Å². The van der Waals surface area contributed by atoms with Crippen LogP contribution < -0.4 is 0 Å². The van der Waals surface area contributed by atoms with Crippen LogP contribution in [0.15, 0.2) is 67.1 Å². The van der Waals surface area contributed by atoms with Gasteiger partial charge in [-0.05, 0) is 42.0 Å². The van der Waals surface area contributed by atoms with E-state index >= 15 is 0 Å². The number of rotatable bonds is 3. The van der Waals surface area contributed by atoms with E-state index in [9.17, 15) is 9.18 Å².